The summed E-state index contributed by atoms with van der Waals surface area (Å²) in [5, 5.41) is -0.130. The molecule has 6 heteroatoms. The number of methoxy groups -OCH3 is 1. The molecule has 3 rings (SSSR count). The molecule has 0 bridgehead atoms. The molecule has 0 atom stereocenters. The number of aldehydes is 1. The molecule has 0 saturated heterocycles. The van der Waals surface area contributed by atoms with Crippen molar-refractivity contribution < 1.29 is 18.7 Å². The largest absolute Gasteiger partial charge is 0.497 e. The highest BCUT2D eigenvalue weighted by atomic mass is 19.1. The molecular weight excluding hydrogens is 337 g/mol. The normalized spacial score (nSPS) is 10.7. The van der Waals surface area contributed by atoms with Gasteiger partial charge in [0.05, 0.1) is 35.9 Å². The minimum absolute atomic E-state index is 0.0691. The van der Waals surface area contributed by atoms with E-state index in [9.17, 15) is 14.0 Å². The zero-order valence-corrected chi connectivity index (χ0v) is 14.5. The molecule has 2 aromatic carbocycles. The molecule has 1 aromatic heterocycles. The molecule has 0 aliphatic rings. The Labute approximate surface area is 149 Å². The van der Waals surface area contributed by atoms with Gasteiger partial charge in [0.2, 0.25) is 5.43 Å². The maximum absolute atomic E-state index is 14.4. The first-order valence-electron chi connectivity index (χ1n) is 8.21. The minimum atomic E-state index is -0.669. The summed E-state index contributed by atoms with van der Waals surface area (Å²) in [6.07, 6.45) is 1.31. The number of benzene rings is 2. The standard InChI is InChI=1S/C20H18FNO4/c1-3-10-26-16-9-8-14(21)18-19(16)22-15(11-23)17(20(18)24)12-4-6-13(25-2)7-5-12/h4-9,11H,3,10H2,1-2H3,(H,22,24). The highest BCUT2D eigenvalue weighted by molar-refractivity contribution is 5.95. The molecule has 0 saturated carbocycles. The number of hydrogen-bond donors (Lipinski definition) is 1. The van der Waals surface area contributed by atoms with E-state index in [-0.39, 0.29) is 22.2 Å². The summed E-state index contributed by atoms with van der Waals surface area (Å²) in [7, 11) is 1.53. The van der Waals surface area contributed by atoms with Gasteiger partial charge in [-0.05, 0) is 36.2 Å². The van der Waals surface area contributed by atoms with Gasteiger partial charge in [-0.3, -0.25) is 9.59 Å². The number of fused-ring (bicyclic) bond motifs is 1. The lowest BCUT2D eigenvalue weighted by Gasteiger charge is -2.12. The van der Waals surface area contributed by atoms with Gasteiger partial charge < -0.3 is 14.5 Å². The Balaban J connectivity index is 2.30. The van der Waals surface area contributed by atoms with Crippen LogP contribution in [0.1, 0.15) is 23.8 Å². The van der Waals surface area contributed by atoms with E-state index in [1.165, 1.54) is 19.2 Å². The summed E-state index contributed by atoms with van der Waals surface area (Å²) >= 11 is 0. The molecule has 5 nitrogen and oxygen atoms in total. The van der Waals surface area contributed by atoms with E-state index >= 15 is 0 Å². The number of hydrogen-bond acceptors (Lipinski definition) is 4. The number of halogens is 1. The van der Waals surface area contributed by atoms with Crippen LogP contribution in [0.15, 0.2) is 41.2 Å². The molecule has 3 aromatic rings. The maximum atomic E-state index is 14.4. The summed E-state index contributed by atoms with van der Waals surface area (Å²) in [4.78, 5) is 27.5. The summed E-state index contributed by atoms with van der Waals surface area (Å²) in [5.74, 6) is 0.280. The van der Waals surface area contributed by atoms with Crippen LogP contribution in [0.5, 0.6) is 11.5 Å². The summed E-state index contributed by atoms with van der Waals surface area (Å²) in [6.45, 7) is 2.35. The van der Waals surface area contributed by atoms with Crippen LogP contribution in [0.4, 0.5) is 4.39 Å². The number of nitrogens with one attached hydrogen (secondary N) is 1. The molecule has 1 heterocycles. The van der Waals surface area contributed by atoms with Crippen LogP contribution in [0.3, 0.4) is 0 Å². The van der Waals surface area contributed by atoms with Gasteiger partial charge in [-0.15, -0.1) is 0 Å². The first kappa shape index (κ1) is 17.7. The van der Waals surface area contributed by atoms with E-state index in [2.05, 4.69) is 4.98 Å². The summed E-state index contributed by atoms with van der Waals surface area (Å²) in [5.41, 5.74) is 0.296. The van der Waals surface area contributed by atoms with Crippen molar-refractivity contribution in [3.63, 3.8) is 0 Å². The lowest BCUT2D eigenvalue weighted by atomic mass is 10.0. The first-order valence-corrected chi connectivity index (χ1v) is 8.21. The van der Waals surface area contributed by atoms with Crippen LogP contribution in [0.25, 0.3) is 22.0 Å². The van der Waals surface area contributed by atoms with Crippen LogP contribution >= 0.6 is 0 Å². The molecule has 0 radical (unpaired) electrons. The van der Waals surface area contributed by atoms with Crippen molar-refractivity contribution in [3.8, 4) is 22.6 Å². The van der Waals surface area contributed by atoms with Gasteiger partial charge in [0.15, 0.2) is 6.29 Å². The predicted octanol–water partition coefficient (Wildman–Crippen LogP) is 3.94. The van der Waals surface area contributed by atoms with Crippen molar-refractivity contribution in [2.45, 2.75) is 13.3 Å². The number of carbonyl (C=O) groups is 1. The van der Waals surface area contributed by atoms with Crippen LogP contribution in [-0.4, -0.2) is 25.0 Å². The minimum Gasteiger partial charge on any atom is -0.497 e. The smallest absolute Gasteiger partial charge is 0.201 e. The lowest BCUT2D eigenvalue weighted by molar-refractivity contribution is 0.112. The molecular formula is C20H18FNO4. The number of aromatic amines is 1. The van der Waals surface area contributed by atoms with Crippen molar-refractivity contribution in [3.05, 3.63) is 58.1 Å². The van der Waals surface area contributed by atoms with Gasteiger partial charge in [0, 0.05) is 0 Å². The Morgan fingerprint density at radius 1 is 1.15 bits per heavy atom. The predicted molar refractivity (Wildman–Crippen MR) is 97.7 cm³/mol. The molecule has 134 valence electrons. The van der Waals surface area contributed by atoms with Crippen LogP contribution < -0.4 is 14.9 Å². The molecule has 26 heavy (non-hydrogen) atoms. The van der Waals surface area contributed by atoms with Gasteiger partial charge in [-0.1, -0.05) is 19.1 Å². The SMILES string of the molecule is CCCOc1ccc(F)c2c(=O)c(-c3ccc(OC)cc3)c(C=O)[nH]c12. The third-order valence-corrected chi connectivity index (χ3v) is 4.06. The Morgan fingerprint density at radius 3 is 2.50 bits per heavy atom. The average molecular weight is 355 g/mol. The van der Waals surface area contributed by atoms with Gasteiger partial charge in [-0.25, -0.2) is 4.39 Å². The number of pyridine rings is 1. The highest BCUT2D eigenvalue weighted by Crippen LogP contribution is 2.29. The second kappa shape index (κ2) is 7.39. The second-order valence-electron chi connectivity index (χ2n) is 5.73. The topological polar surface area (TPSA) is 68.4 Å². The molecule has 0 amide bonds. The average Bonchev–Trinajstić information content (AvgIpc) is 2.67. The van der Waals surface area contributed by atoms with Crippen LogP contribution in [0, 0.1) is 5.82 Å². The highest BCUT2D eigenvalue weighted by Gasteiger charge is 2.19. The number of carbonyl (C=O) groups excluding carboxylic acids is 1. The van der Waals surface area contributed by atoms with E-state index < -0.39 is 11.2 Å². The Bertz CT molecular complexity index is 1010. The van der Waals surface area contributed by atoms with Crippen molar-refractivity contribution in [2.75, 3.05) is 13.7 Å². The lowest BCUT2D eigenvalue weighted by Crippen LogP contribution is -2.13. The summed E-state index contributed by atoms with van der Waals surface area (Å²) < 4.78 is 25.1. The van der Waals surface area contributed by atoms with Crippen molar-refractivity contribution in [1.29, 1.82) is 0 Å². The van der Waals surface area contributed by atoms with Crippen LogP contribution in [0.2, 0.25) is 0 Å². The fourth-order valence-corrected chi connectivity index (χ4v) is 2.81. The summed E-state index contributed by atoms with van der Waals surface area (Å²) in [6, 6.07) is 9.29. The fraction of sp³-hybridized carbons (Fsp3) is 0.200. The molecule has 0 fully saturated rings. The van der Waals surface area contributed by atoms with Gasteiger partial charge in [0.25, 0.3) is 0 Å². The van der Waals surface area contributed by atoms with Gasteiger partial charge >= 0.3 is 0 Å². The molecule has 0 aliphatic carbocycles. The number of rotatable bonds is 6. The van der Waals surface area contributed by atoms with Gasteiger partial charge in [-0.2, -0.15) is 0 Å². The zero-order valence-electron chi connectivity index (χ0n) is 14.5. The van der Waals surface area contributed by atoms with E-state index in [1.54, 1.807) is 24.3 Å². The van der Waals surface area contributed by atoms with Gasteiger partial charge in [0.1, 0.15) is 17.3 Å². The molecule has 1 N–H and O–H groups in total. The molecule has 0 spiro atoms. The Morgan fingerprint density at radius 2 is 1.88 bits per heavy atom. The van der Waals surface area contributed by atoms with Crippen molar-refractivity contribution in [2.24, 2.45) is 0 Å². The van der Waals surface area contributed by atoms with E-state index in [4.69, 9.17) is 9.47 Å². The Kier molecular flexibility index (Phi) is 5.02. The third-order valence-electron chi connectivity index (χ3n) is 4.06. The van der Waals surface area contributed by atoms with Crippen molar-refractivity contribution in [1.82, 2.24) is 4.98 Å². The maximum Gasteiger partial charge on any atom is 0.201 e. The van der Waals surface area contributed by atoms with Crippen molar-refractivity contribution >= 4 is 17.2 Å². The first-order chi connectivity index (χ1) is 12.6. The van der Waals surface area contributed by atoms with E-state index in [0.717, 1.165) is 6.42 Å². The molecule has 0 unspecified atom stereocenters. The van der Waals surface area contributed by atoms with Crippen LogP contribution in [-0.2, 0) is 0 Å². The zero-order chi connectivity index (χ0) is 18.7. The monoisotopic (exact) mass is 355 g/mol. The van der Waals surface area contributed by atoms with E-state index in [1.807, 2.05) is 6.92 Å². The third kappa shape index (κ3) is 3.06. The number of ether oxygens (including phenoxy) is 2. The number of aromatic nitrogens is 1. The fourth-order valence-electron chi connectivity index (χ4n) is 2.81. The van der Waals surface area contributed by atoms with E-state index in [0.29, 0.717) is 30.0 Å². The second-order valence-corrected chi connectivity index (χ2v) is 5.73. The number of H-pyrrole nitrogens is 1. The Hall–Kier alpha value is -3.15. The molecule has 0 aliphatic heterocycles. The quantitative estimate of drug-likeness (QED) is 0.680.